The number of carbonyl (C=O) groups excluding carboxylic acids is 8. The molecular weight excluding hydrogens is 1550 g/mol. The van der Waals surface area contributed by atoms with Crippen molar-refractivity contribution in [2.75, 3.05) is 132 Å². The van der Waals surface area contributed by atoms with Crippen LogP contribution in [0.5, 0.6) is 69.0 Å². The fourth-order valence-electron chi connectivity index (χ4n) is 13.6. The zero-order chi connectivity index (χ0) is 86.0. The standard InChI is InChI=1S/C92H104O28/c1-13-101-33-37-105-41-45-109-69-25-17-65(18-26-69)89-73-49-75(83(115-59(7)95)53-81(73)113-57(5)93)90(66-19-27-70(28-20-66)110-46-42-106-38-34-102-14-2)77-51-79(87(119-63(11)99)55-85(77)117-61(9)97)92(68-23-31-72(32-24-68)112-48-44-108-40-36-104-16-4)80-52-78(86(118-62(10)98)56-88(80)120-64(12)100)91(67-21-29-71(30-22-67)111-47-43-107-39-35-103-15-3)76-50-74(89)82(114-58(6)94)54-84(76)116-60(8)96/h17-32,49-56,89-92H,13-16,33-48H2,1-12H3. The van der Waals surface area contributed by atoms with Crippen LogP contribution < -0.4 is 56.8 Å². The molecule has 0 saturated carbocycles. The highest BCUT2D eigenvalue weighted by molar-refractivity contribution is 5.80. The van der Waals surface area contributed by atoms with Gasteiger partial charge in [-0.2, -0.15) is 0 Å². The molecule has 640 valence electrons. The fraction of sp³-hybridized carbons (Fsp3) is 0.391. The van der Waals surface area contributed by atoms with Crippen molar-refractivity contribution in [1.82, 2.24) is 0 Å². The van der Waals surface area contributed by atoms with Crippen molar-refractivity contribution in [1.29, 1.82) is 0 Å². The molecule has 8 bridgehead atoms. The van der Waals surface area contributed by atoms with E-state index in [4.69, 9.17) is 94.7 Å². The molecule has 0 aliphatic heterocycles. The van der Waals surface area contributed by atoms with Crippen LogP contribution in [-0.4, -0.2) is 180 Å². The zero-order valence-electron chi connectivity index (χ0n) is 69.7. The molecule has 0 heterocycles. The molecule has 8 aromatic rings. The minimum atomic E-state index is -1.35. The van der Waals surface area contributed by atoms with Crippen LogP contribution in [0.15, 0.2) is 146 Å². The molecule has 0 saturated heterocycles. The van der Waals surface area contributed by atoms with Crippen LogP contribution in [0.4, 0.5) is 0 Å². The Labute approximate surface area is 697 Å². The second-order valence-corrected chi connectivity index (χ2v) is 27.1. The molecule has 0 aromatic heterocycles. The predicted molar refractivity (Wildman–Crippen MR) is 437 cm³/mol. The molecule has 0 atom stereocenters. The van der Waals surface area contributed by atoms with E-state index >= 15 is 0 Å². The summed E-state index contributed by atoms with van der Waals surface area (Å²) in [7, 11) is 0. The van der Waals surface area contributed by atoms with Gasteiger partial charge in [-0.15, -0.1) is 0 Å². The van der Waals surface area contributed by atoms with Gasteiger partial charge in [-0.25, -0.2) is 0 Å². The highest BCUT2D eigenvalue weighted by Gasteiger charge is 2.39. The molecule has 0 radical (unpaired) electrons. The average molecular weight is 1660 g/mol. The lowest BCUT2D eigenvalue weighted by Gasteiger charge is -2.32. The molecular formula is C92H104O28. The molecule has 28 heteroatoms. The number of hydrogen-bond donors (Lipinski definition) is 0. The minimum absolute atomic E-state index is 0.116. The van der Waals surface area contributed by atoms with E-state index in [9.17, 15) is 38.4 Å². The summed E-state index contributed by atoms with van der Waals surface area (Å²) in [5.41, 5.74) is 2.49. The number of rotatable bonds is 44. The van der Waals surface area contributed by atoms with Gasteiger partial charge in [0.25, 0.3) is 0 Å². The Bertz CT molecular complexity index is 4000. The van der Waals surface area contributed by atoms with Gasteiger partial charge in [0.05, 0.1) is 79.3 Å². The van der Waals surface area contributed by atoms with Crippen LogP contribution in [0.3, 0.4) is 0 Å². The predicted octanol–water partition coefficient (Wildman–Crippen LogP) is 13.9. The van der Waals surface area contributed by atoms with E-state index in [1.165, 1.54) is 79.7 Å². The van der Waals surface area contributed by atoms with Crippen molar-refractivity contribution in [2.45, 2.75) is 107 Å². The molecule has 0 fully saturated rings. The van der Waals surface area contributed by atoms with Crippen LogP contribution in [-0.2, 0) is 76.3 Å². The summed E-state index contributed by atoms with van der Waals surface area (Å²) >= 11 is 0. The van der Waals surface area contributed by atoms with Gasteiger partial charge in [-0.1, -0.05) is 48.5 Å². The van der Waals surface area contributed by atoms with Gasteiger partial charge in [-0.3, -0.25) is 38.4 Å². The molecule has 120 heavy (non-hydrogen) atoms. The maximum Gasteiger partial charge on any atom is 0.308 e. The van der Waals surface area contributed by atoms with Gasteiger partial charge in [0.1, 0.15) is 95.4 Å². The SMILES string of the molecule is CCOCCOCCOc1ccc(C2c3cc(c(OC(C)=O)cc3OC(C)=O)C(c3ccc(OCCOCCOCC)cc3)c3cc(c(OC(C)=O)cc3OC(C)=O)C(c3ccc(OCCOCCOCC)cc3)c3cc(c(OC(C)=O)cc3OC(C)=O)C(c3ccc(OCCOCCOCC)cc3)c3cc2c(OC(C)=O)cc3OC(C)=O)cc1. The molecule has 1 aliphatic rings. The Kier molecular flexibility index (Phi) is 36.3. The lowest BCUT2D eigenvalue weighted by molar-refractivity contribution is -0.133. The van der Waals surface area contributed by atoms with Crippen molar-refractivity contribution in [3.05, 3.63) is 212 Å². The maximum absolute atomic E-state index is 14.1. The number of ether oxygens (including phenoxy) is 20. The number of benzene rings is 8. The van der Waals surface area contributed by atoms with E-state index in [2.05, 4.69) is 0 Å². The second kappa shape index (κ2) is 47.3. The summed E-state index contributed by atoms with van der Waals surface area (Å²) in [5, 5.41) is 0. The van der Waals surface area contributed by atoms with Gasteiger partial charge in [-0.05, 0) is 123 Å². The Morgan fingerprint density at radius 3 is 0.483 bits per heavy atom. The molecule has 1 aliphatic carbocycles. The first-order chi connectivity index (χ1) is 58.0. The topological polar surface area (TPSA) is 321 Å². The van der Waals surface area contributed by atoms with Gasteiger partial charge in [0.15, 0.2) is 0 Å². The first kappa shape index (κ1) is 92.3. The molecule has 9 rings (SSSR count). The fourth-order valence-corrected chi connectivity index (χ4v) is 13.6. The van der Waals surface area contributed by atoms with Gasteiger partial charge >= 0.3 is 47.8 Å². The summed E-state index contributed by atoms with van der Waals surface area (Å²) < 4.78 is 121. The smallest absolute Gasteiger partial charge is 0.308 e. The molecule has 8 aromatic carbocycles. The number of carbonyl (C=O) groups is 8. The Hall–Kier alpha value is -11.6. The van der Waals surface area contributed by atoms with E-state index in [1.54, 1.807) is 121 Å². The second-order valence-electron chi connectivity index (χ2n) is 27.1. The van der Waals surface area contributed by atoms with Crippen LogP contribution in [0.25, 0.3) is 0 Å². The normalized spacial score (nSPS) is 14.0. The van der Waals surface area contributed by atoms with Crippen LogP contribution in [0.2, 0.25) is 0 Å². The Balaban J connectivity index is 1.52. The average Bonchev–Trinajstić information content (AvgIpc) is 0.734. The van der Waals surface area contributed by atoms with Crippen molar-refractivity contribution < 1.29 is 133 Å². The monoisotopic (exact) mass is 1660 g/mol. The van der Waals surface area contributed by atoms with E-state index in [0.29, 0.717) is 125 Å². The Morgan fingerprint density at radius 2 is 0.342 bits per heavy atom. The van der Waals surface area contributed by atoms with Crippen LogP contribution in [0, 0.1) is 0 Å². The van der Waals surface area contributed by atoms with E-state index in [0.717, 1.165) is 0 Å². The van der Waals surface area contributed by atoms with Crippen molar-refractivity contribution in [2.24, 2.45) is 0 Å². The zero-order valence-corrected chi connectivity index (χ0v) is 69.7. The van der Waals surface area contributed by atoms with Crippen molar-refractivity contribution >= 4 is 47.8 Å². The summed E-state index contributed by atoms with van der Waals surface area (Å²) in [4.78, 5) is 113. The quantitative estimate of drug-likeness (QED) is 0.0194. The molecule has 0 amide bonds. The van der Waals surface area contributed by atoms with E-state index in [1.807, 2.05) is 27.7 Å². The summed E-state index contributed by atoms with van der Waals surface area (Å²) in [6.07, 6.45) is 0. The Morgan fingerprint density at radius 1 is 0.200 bits per heavy atom. The van der Waals surface area contributed by atoms with Gasteiger partial charge < -0.3 is 94.7 Å². The summed E-state index contributed by atoms with van der Waals surface area (Å²) in [5.74, 6) is -12.2. The first-order valence-corrected chi connectivity index (χ1v) is 39.7. The third kappa shape index (κ3) is 27.2. The van der Waals surface area contributed by atoms with Crippen LogP contribution in [0.1, 0.15) is 174 Å². The highest BCUT2D eigenvalue weighted by Crippen LogP contribution is 2.56. The van der Waals surface area contributed by atoms with Gasteiger partial charge in [0, 0.05) is 174 Å². The lowest BCUT2D eigenvalue weighted by Crippen LogP contribution is -2.19. The highest BCUT2D eigenvalue weighted by atomic mass is 16.6. The molecule has 28 nitrogen and oxygen atoms in total. The molecule has 0 spiro atoms. The lowest BCUT2D eigenvalue weighted by atomic mass is 9.75. The third-order valence-corrected chi connectivity index (χ3v) is 18.2. The van der Waals surface area contributed by atoms with Gasteiger partial charge in [0.2, 0.25) is 0 Å². The number of esters is 8. The van der Waals surface area contributed by atoms with E-state index < -0.39 is 71.4 Å². The maximum atomic E-state index is 14.1. The number of hydrogen-bond acceptors (Lipinski definition) is 28. The molecule has 0 unspecified atom stereocenters. The minimum Gasteiger partial charge on any atom is -0.491 e. The summed E-state index contributed by atoms with van der Waals surface area (Å²) in [6.45, 7) is 23.0. The van der Waals surface area contributed by atoms with Crippen molar-refractivity contribution in [3.63, 3.8) is 0 Å². The van der Waals surface area contributed by atoms with Crippen LogP contribution >= 0.6 is 0 Å². The molecule has 0 N–H and O–H groups in total. The summed E-state index contributed by atoms with van der Waals surface area (Å²) in [6, 6.07) is 39.5. The van der Waals surface area contributed by atoms with Crippen molar-refractivity contribution in [3.8, 4) is 69.0 Å². The van der Waals surface area contributed by atoms with E-state index in [-0.39, 0.29) is 143 Å². The first-order valence-electron chi connectivity index (χ1n) is 39.7. The third-order valence-electron chi connectivity index (χ3n) is 18.2. The largest absolute Gasteiger partial charge is 0.491 e. The number of fused-ring (bicyclic) bond motifs is 8.